The first-order valence-corrected chi connectivity index (χ1v) is 9.02. The van der Waals surface area contributed by atoms with Crippen LogP contribution in [0.25, 0.3) is 0 Å². The molecule has 0 aliphatic carbocycles. The molecule has 0 spiro atoms. The quantitative estimate of drug-likeness (QED) is 0.575. The van der Waals surface area contributed by atoms with Crippen LogP contribution in [0.15, 0.2) is 18.2 Å². The van der Waals surface area contributed by atoms with Crippen molar-refractivity contribution < 1.29 is 17.9 Å². The van der Waals surface area contributed by atoms with E-state index in [2.05, 4.69) is 5.32 Å². The zero-order chi connectivity index (χ0) is 15.2. The summed E-state index contributed by atoms with van der Waals surface area (Å²) >= 11 is 1.27. The van der Waals surface area contributed by atoms with Crippen LogP contribution in [0.3, 0.4) is 0 Å². The molecule has 112 valence electrons. The molecule has 0 saturated carbocycles. The standard InChI is InChI=1S/C12H18N2O4S2/c1-18-11-7-9(13)3-4-10(11)14-12(15)8-19-5-6-20(2,16)17/h3-4,7H,5-6,8,13H2,1-2H3,(H,14,15). The molecule has 1 aromatic rings. The topological polar surface area (TPSA) is 98.5 Å². The molecule has 0 aliphatic heterocycles. The molecule has 0 unspecified atom stereocenters. The average Bonchev–Trinajstić information content (AvgIpc) is 2.35. The van der Waals surface area contributed by atoms with Crippen molar-refractivity contribution in [3.63, 3.8) is 0 Å². The van der Waals surface area contributed by atoms with E-state index in [0.29, 0.717) is 22.9 Å². The highest BCUT2D eigenvalue weighted by Crippen LogP contribution is 2.26. The summed E-state index contributed by atoms with van der Waals surface area (Å²) in [5, 5.41) is 2.70. The zero-order valence-electron chi connectivity index (χ0n) is 11.4. The molecule has 0 saturated heterocycles. The number of rotatable bonds is 7. The van der Waals surface area contributed by atoms with Gasteiger partial charge in [-0.15, -0.1) is 0 Å². The van der Waals surface area contributed by atoms with E-state index in [-0.39, 0.29) is 17.4 Å². The van der Waals surface area contributed by atoms with Crippen LogP contribution in [0.5, 0.6) is 5.75 Å². The van der Waals surface area contributed by atoms with Gasteiger partial charge in [0, 0.05) is 23.8 Å². The molecule has 1 rings (SSSR count). The third-order valence-corrected chi connectivity index (χ3v) is 4.49. The van der Waals surface area contributed by atoms with Crippen LogP contribution < -0.4 is 15.8 Å². The second kappa shape index (κ2) is 7.39. The highest BCUT2D eigenvalue weighted by molar-refractivity contribution is 8.01. The molecule has 0 aromatic heterocycles. The Morgan fingerprint density at radius 2 is 2.15 bits per heavy atom. The number of carbonyl (C=O) groups excluding carboxylic acids is 1. The number of anilines is 2. The second-order valence-electron chi connectivity index (χ2n) is 4.19. The van der Waals surface area contributed by atoms with Crippen molar-refractivity contribution in [1.29, 1.82) is 0 Å². The third kappa shape index (κ3) is 6.16. The van der Waals surface area contributed by atoms with Gasteiger partial charge in [0.1, 0.15) is 15.6 Å². The number of methoxy groups -OCH3 is 1. The molecule has 0 bridgehead atoms. The fraction of sp³-hybridized carbons (Fsp3) is 0.417. The van der Waals surface area contributed by atoms with E-state index >= 15 is 0 Å². The Bertz CT molecular complexity index is 573. The van der Waals surface area contributed by atoms with E-state index in [0.717, 1.165) is 0 Å². The molecule has 3 N–H and O–H groups in total. The maximum Gasteiger partial charge on any atom is 0.234 e. The lowest BCUT2D eigenvalue weighted by Crippen LogP contribution is -2.16. The third-order valence-electron chi connectivity index (χ3n) is 2.33. The highest BCUT2D eigenvalue weighted by Gasteiger charge is 2.09. The number of carbonyl (C=O) groups is 1. The summed E-state index contributed by atoms with van der Waals surface area (Å²) in [6.07, 6.45) is 1.17. The average molecular weight is 318 g/mol. The van der Waals surface area contributed by atoms with E-state index in [1.807, 2.05) is 0 Å². The van der Waals surface area contributed by atoms with Gasteiger partial charge in [0.2, 0.25) is 5.91 Å². The van der Waals surface area contributed by atoms with Crippen LogP contribution in [-0.2, 0) is 14.6 Å². The van der Waals surface area contributed by atoms with Crippen molar-refractivity contribution in [1.82, 2.24) is 0 Å². The number of hydrogen-bond acceptors (Lipinski definition) is 6. The first-order chi connectivity index (χ1) is 9.31. The van der Waals surface area contributed by atoms with Gasteiger partial charge in [-0.3, -0.25) is 4.79 Å². The van der Waals surface area contributed by atoms with Crippen molar-refractivity contribution in [2.45, 2.75) is 0 Å². The molecule has 0 radical (unpaired) electrons. The molecular weight excluding hydrogens is 300 g/mol. The Balaban J connectivity index is 2.47. The smallest absolute Gasteiger partial charge is 0.234 e. The number of nitrogens with one attached hydrogen (secondary N) is 1. The largest absolute Gasteiger partial charge is 0.494 e. The van der Waals surface area contributed by atoms with Gasteiger partial charge < -0.3 is 15.8 Å². The van der Waals surface area contributed by atoms with Crippen LogP contribution in [0.1, 0.15) is 0 Å². The van der Waals surface area contributed by atoms with Crippen molar-refractivity contribution in [2.75, 3.05) is 41.7 Å². The van der Waals surface area contributed by atoms with E-state index in [1.54, 1.807) is 18.2 Å². The zero-order valence-corrected chi connectivity index (χ0v) is 13.0. The fourth-order valence-corrected chi connectivity index (χ4v) is 3.46. The molecule has 0 heterocycles. The lowest BCUT2D eigenvalue weighted by atomic mass is 10.2. The van der Waals surface area contributed by atoms with Crippen molar-refractivity contribution in [3.8, 4) is 5.75 Å². The summed E-state index contributed by atoms with van der Waals surface area (Å²) in [6.45, 7) is 0. The molecule has 1 aromatic carbocycles. The highest BCUT2D eigenvalue weighted by atomic mass is 32.2. The Morgan fingerprint density at radius 1 is 1.45 bits per heavy atom. The minimum Gasteiger partial charge on any atom is -0.494 e. The van der Waals surface area contributed by atoms with Crippen LogP contribution in [0.2, 0.25) is 0 Å². The number of sulfone groups is 1. The Kier molecular flexibility index (Phi) is 6.15. The van der Waals surface area contributed by atoms with Crippen LogP contribution in [0.4, 0.5) is 11.4 Å². The van der Waals surface area contributed by atoms with Crippen molar-refractivity contribution >= 4 is 38.9 Å². The van der Waals surface area contributed by atoms with E-state index in [4.69, 9.17) is 10.5 Å². The number of nitrogen functional groups attached to an aromatic ring is 1. The molecule has 6 nitrogen and oxygen atoms in total. The normalized spacial score (nSPS) is 11.1. The fourth-order valence-electron chi connectivity index (χ4n) is 1.37. The predicted octanol–water partition coefficient (Wildman–Crippen LogP) is 0.994. The molecule has 1 amide bonds. The van der Waals surface area contributed by atoms with Gasteiger partial charge in [0.05, 0.1) is 24.3 Å². The Morgan fingerprint density at radius 3 is 2.75 bits per heavy atom. The minimum atomic E-state index is -2.98. The second-order valence-corrected chi connectivity index (χ2v) is 7.56. The molecule has 8 heteroatoms. The molecule has 0 fully saturated rings. The molecule has 0 atom stereocenters. The van der Waals surface area contributed by atoms with Gasteiger partial charge >= 0.3 is 0 Å². The predicted molar refractivity (Wildman–Crippen MR) is 83.1 cm³/mol. The lowest BCUT2D eigenvalue weighted by Gasteiger charge is -2.10. The number of nitrogens with two attached hydrogens (primary N) is 1. The summed E-state index contributed by atoms with van der Waals surface area (Å²) in [4.78, 5) is 11.7. The summed E-state index contributed by atoms with van der Waals surface area (Å²) in [5.41, 5.74) is 6.70. The molecule has 0 aliphatic rings. The molecular formula is C12H18N2O4S2. The van der Waals surface area contributed by atoms with E-state index in [1.165, 1.54) is 25.1 Å². The monoisotopic (exact) mass is 318 g/mol. The van der Waals surface area contributed by atoms with Gasteiger partial charge in [-0.05, 0) is 12.1 Å². The van der Waals surface area contributed by atoms with Gasteiger partial charge in [-0.1, -0.05) is 0 Å². The Labute approximate surface area is 123 Å². The summed E-state index contributed by atoms with van der Waals surface area (Å²) in [6, 6.07) is 4.94. The first kappa shape index (κ1) is 16.6. The lowest BCUT2D eigenvalue weighted by molar-refractivity contribution is -0.113. The maximum atomic E-state index is 11.7. The van der Waals surface area contributed by atoms with Crippen LogP contribution in [0, 0.1) is 0 Å². The SMILES string of the molecule is COc1cc(N)ccc1NC(=O)CSCCS(C)(=O)=O. The number of amides is 1. The Hall–Kier alpha value is -1.41. The van der Waals surface area contributed by atoms with Gasteiger partial charge in [-0.2, -0.15) is 11.8 Å². The van der Waals surface area contributed by atoms with Crippen LogP contribution >= 0.6 is 11.8 Å². The number of thioether (sulfide) groups is 1. The van der Waals surface area contributed by atoms with Gasteiger partial charge in [0.25, 0.3) is 0 Å². The van der Waals surface area contributed by atoms with Gasteiger partial charge in [0.15, 0.2) is 0 Å². The first-order valence-electron chi connectivity index (χ1n) is 5.80. The number of benzene rings is 1. The summed E-state index contributed by atoms with van der Waals surface area (Å²) in [5.74, 6) is 0.913. The van der Waals surface area contributed by atoms with Gasteiger partial charge in [-0.25, -0.2) is 8.42 Å². The minimum absolute atomic E-state index is 0.0656. The number of hydrogen-bond donors (Lipinski definition) is 2. The van der Waals surface area contributed by atoms with E-state index in [9.17, 15) is 13.2 Å². The molecule has 20 heavy (non-hydrogen) atoms. The van der Waals surface area contributed by atoms with Crippen molar-refractivity contribution in [3.05, 3.63) is 18.2 Å². The van der Waals surface area contributed by atoms with Crippen LogP contribution in [-0.4, -0.2) is 44.9 Å². The van der Waals surface area contributed by atoms with Crippen molar-refractivity contribution in [2.24, 2.45) is 0 Å². The summed E-state index contributed by atoms with van der Waals surface area (Å²) < 4.78 is 27.0. The van der Waals surface area contributed by atoms with E-state index < -0.39 is 9.84 Å². The summed E-state index contributed by atoms with van der Waals surface area (Å²) in [7, 11) is -1.49. The number of ether oxygens (including phenoxy) is 1. The maximum absolute atomic E-state index is 11.7.